The van der Waals surface area contributed by atoms with Crippen LogP contribution in [0.5, 0.6) is 0 Å². The molecule has 0 spiro atoms. The highest BCUT2D eigenvalue weighted by atomic mass is 16.4. The van der Waals surface area contributed by atoms with E-state index < -0.39 is 53.9 Å². The summed E-state index contributed by atoms with van der Waals surface area (Å²) in [5.41, 5.74) is -1.97. The molecule has 1 aromatic rings. The molecule has 4 atom stereocenters. The van der Waals surface area contributed by atoms with Crippen LogP contribution in [-0.2, 0) is 0 Å². The molecule has 0 aliphatic heterocycles. The third-order valence-electron chi connectivity index (χ3n) is 2.73. The van der Waals surface area contributed by atoms with Crippen LogP contribution in [0.25, 0.3) is 0 Å². The minimum atomic E-state index is -1.55. The SMILES string of the molecule is CNC[C@H](O)[C@@H](O)[C@H](O)[C@H](O)CO.O=C(O)c1cc(=O)[nH]c(=O)[nH]1. The highest BCUT2D eigenvalue weighted by Gasteiger charge is 2.29. The van der Waals surface area contributed by atoms with Gasteiger partial charge in [-0.3, -0.25) is 9.78 Å². The highest BCUT2D eigenvalue weighted by Crippen LogP contribution is 2.04. The second-order valence-electron chi connectivity index (χ2n) is 4.66. The maximum atomic E-state index is 10.5. The zero-order chi connectivity index (χ0) is 18.9. The normalized spacial score (nSPS) is 15.6. The van der Waals surface area contributed by atoms with E-state index in [2.05, 4.69) is 5.32 Å². The van der Waals surface area contributed by atoms with Crippen LogP contribution in [-0.4, -0.2) is 91.2 Å². The van der Waals surface area contributed by atoms with Crippen LogP contribution in [0.15, 0.2) is 15.7 Å². The van der Waals surface area contributed by atoms with Crippen molar-refractivity contribution in [2.45, 2.75) is 24.4 Å². The first-order valence-electron chi connectivity index (χ1n) is 6.68. The van der Waals surface area contributed by atoms with Crippen molar-refractivity contribution in [1.82, 2.24) is 15.3 Å². The summed E-state index contributed by atoms with van der Waals surface area (Å²) in [6.45, 7) is -0.569. The molecule has 24 heavy (non-hydrogen) atoms. The molecule has 0 fully saturated rings. The Hall–Kier alpha value is -2.09. The van der Waals surface area contributed by atoms with Crippen molar-refractivity contribution in [3.63, 3.8) is 0 Å². The second kappa shape index (κ2) is 10.6. The minimum absolute atomic E-state index is 0.0936. The number of aliphatic hydroxyl groups is 5. The molecule has 0 amide bonds. The van der Waals surface area contributed by atoms with E-state index in [1.165, 1.54) is 0 Å². The Morgan fingerprint density at radius 1 is 1.12 bits per heavy atom. The van der Waals surface area contributed by atoms with Crippen LogP contribution >= 0.6 is 0 Å². The number of carboxylic acids is 1. The summed E-state index contributed by atoms with van der Waals surface area (Å²) in [5, 5.41) is 55.8. The summed E-state index contributed by atoms with van der Waals surface area (Å²) in [7, 11) is 1.57. The number of nitrogens with one attached hydrogen (secondary N) is 3. The number of hydrogen-bond acceptors (Lipinski definition) is 9. The van der Waals surface area contributed by atoms with E-state index in [0.29, 0.717) is 0 Å². The molecule has 0 unspecified atom stereocenters. The van der Waals surface area contributed by atoms with E-state index in [1.54, 1.807) is 7.05 Å². The first-order valence-corrected chi connectivity index (χ1v) is 6.68. The lowest BCUT2D eigenvalue weighted by molar-refractivity contribution is -0.113. The maximum Gasteiger partial charge on any atom is 0.352 e. The number of carbonyl (C=O) groups is 1. The number of rotatable bonds is 7. The van der Waals surface area contributed by atoms with Crippen LogP contribution in [0.4, 0.5) is 0 Å². The average molecular weight is 351 g/mol. The molecule has 1 aromatic heterocycles. The van der Waals surface area contributed by atoms with Crippen LogP contribution in [0.3, 0.4) is 0 Å². The Kier molecular flexibility index (Phi) is 9.71. The minimum Gasteiger partial charge on any atom is -0.477 e. The predicted molar refractivity (Wildman–Crippen MR) is 79.7 cm³/mol. The van der Waals surface area contributed by atoms with Crippen molar-refractivity contribution in [3.8, 4) is 0 Å². The van der Waals surface area contributed by atoms with Crippen molar-refractivity contribution in [2.75, 3.05) is 20.2 Å². The van der Waals surface area contributed by atoms with Gasteiger partial charge in [-0.15, -0.1) is 0 Å². The van der Waals surface area contributed by atoms with Crippen molar-refractivity contribution in [1.29, 1.82) is 0 Å². The second-order valence-corrected chi connectivity index (χ2v) is 4.66. The van der Waals surface area contributed by atoms with Gasteiger partial charge in [0, 0.05) is 12.6 Å². The van der Waals surface area contributed by atoms with Crippen molar-refractivity contribution in [3.05, 3.63) is 32.6 Å². The summed E-state index contributed by atoms with van der Waals surface area (Å²) in [6.07, 6.45) is -5.65. The summed E-state index contributed by atoms with van der Waals surface area (Å²) < 4.78 is 0. The zero-order valence-corrected chi connectivity index (χ0v) is 12.7. The van der Waals surface area contributed by atoms with Gasteiger partial charge in [-0.05, 0) is 7.05 Å². The fourth-order valence-corrected chi connectivity index (χ4v) is 1.48. The topological polar surface area (TPSA) is 216 Å². The van der Waals surface area contributed by atoms with Crippen molar-refractivity contribution < 1.29 is 35.4 Å². The molecule has 1 heterocycles. The molecule has 12 nitrogen and oxygen atoms in total. The summed E-state index contributed by atoms with van der Waals surface area (Å²) in [6, 6.07) is 0.795. The molecule has 138 valence electrons. The third kappa shape index (κ3) is 7.45. The van der Waals surface area contributed by atoms with Gasteiger partial charge in [-0.1, -0.05) is 0 Å². The Morgan fingerprint density at radius 3 is 2.08 bits per heavy atom. The number of aliphatic hydroxyl groups excluding tert-OH is 5. The van der Waals surface area contributed by atoms with Gasteiger partial charge in [-0.25, -0.2) is 9.59 Å². The van der Waals surface area contributed by atoms with Gasteiger partial charge in [0.25, 0.3) is 5.56 Å². The Labute approximate surface area is 135 Å². The fourth-order valence-electron chi connectivity index (χ4n) is 1.48. The Morgan fingerprint density at radius 2 is 1.67 bits per heavy atom. The third-order valence-corrected chi connectivity index (χ3v) is 2.73. The van der Waals surface area contributed by atoms with E-state index in [0.717, 1.165) is 6.07 Å². The van der Waals surface area contributed by atoms with Gasteiger partial charge in [0.2, 0.25) is 0 Å². The zero-order valence-electron chi connectivity index (χ0n) is 12.7. The van der Waals surface area contributed by atoms with E-state index >= 15 is 0 Å². The molecule has 12 heteroatoms. The average Bonchev–Trinajstić information content (AvgIpc) is 2.52. The molecular formula is C12H21N3O9. The van der Waals surface area contributed by atoms with E-state index in [4.69, 9.17) is 25.5 Å². The number of hydrogen-bond donors (Lipinski definition) is 9. The molecule has 0 saturated heterocycles. The molecular weight excluding hydrogens is 330 g/mol. The van der Waals surface area contributed by atoms with Gasteiger partial charge in [-0.2, -0.15) is 0 Å². The lowest BCUT2D eigenvalue weighted by atomic mass is 10.0. The lowest BCUT2D eigenvalue weighted by Crippen LogP contribution is -2.48. The van der Waals surface area contributed by atoms with Gasteiger partial charge in [0.15, 0.2) is 0 Å². The van der Waals surface area contributed by atoms with Crippen LogP contribution < -0.4 is 16.6 Å². The van der Waals surface area contributed by atoms with Crippen molar-refractivity contribution >= 4 is 5.97 Å². The maximum absolute atomic E-state index is 10.5. The first-order chi connectivity index (χ1) is 11.1. The molecule has 0 aromatic carbocycles. The Bertz CT molecular complexity index is 586. The van der Waals surface area contributed by atoms with Gasteiger partial charge in [0.1, 0.15) is 24.0 Å². The first kappa shape index (κ1) is 21.9. The molecule has 0 saturated carbocycles. The van der Waals surface area contributed by atoms with E-state index in [-0.39, 0.29) is 6.54 Å². The molecule has 1 rings (SSSR count). The van der Waals surface area contributed by atoms with E-state index in [9.17, 15) is 19.5 Å². The number of aromatic carboxylic acids is 1. The van der Waals surface area contributed by atoms with Gasteiger partial charge in [0.05, 0.1) is 12.7 Å². The number of H-pyrrole nitrogens is 2. The number of likely N-dealkylation sites (N-methyl/N-ethyl adjacent to an activating group) is 1. The molecule has 0 aliphatic carbocycles. The number of aromatic nitrogens is 2. The monoisotopic (exact) mass is 351 g/mol. The van der Waals surface area contributed by atoms with Crippen LogP contribution in [0.2, 0.25) is 0 Å². The quantitative estimate of drug-likeness (QED) is 0.229. The van der Waals surface area contributed by atoms with Crippen molar-refractivity contribution in [2.24, 2.45) is 0 Å². The van der Waals surface area contributed by atoms with E-state index in [1.807, 2.05) is 9.97 Å². The summed E-state index contributed by atoms with van der Waals surface area (Å²) in [5.74, 6) is -1.34. The predicted octanol–water partition coefficient (Wildman–Crippen LogP) is -4.60. The molecule has 0 aliphatic rings. The highest BCUT2D eigenvalue weighted by molar-refractivity contribution is 5.84. The Balaban J connectivity index is 0.000000446. The van der Waals surface area contributed by atoms with Crippen LogP contribution in [0, 0.1) is 0 Å². The van der Waals surface area contributed by atoms with Gasteiger partial charge >= 0.3 is 11.7 Å². The molecule has 0 bridgehead atoms. The molecule has 9 N–H and O–H groups in total. The summed E-state index contributed by atoms with van der Waals surface area (Å²) in [4.78, 5) is 34.9. The lowest BCUT2D eigenvalue weighted by Gasteiger charge is -2.25. The summed E-state index contributed by atoms with van der Waals surface area (Å²) >= 11 is 0. The fraction of sp³-hybridized carbons (Fsp3) is 0.583. The largest absolute Gasteiger partial charge is 0.477 e. The standard InChI is InChI=1S/C7H17NO5.C5H4N2O4/c1-8-2-4(10)6(12)7(13)5(11)3-9;8-3-1-2(4(9)10)6-5(11)7-3/h4-13H,2-3H2,1H3;1H,(H,9,10)(H2,6,7,8,11)/t4-,5+,6+,7+;/m0./s1. The smallest absolute Gasteiger partial charge is 0.352 e. The number of carboxylic acid groups (broad SMARTS) is 1. The molecule has 0 radical (unpaired) electrons. The van der Waals surface area contributed by atoms with Gasteiger partial charge < -0.3 is 40.9 Å². The van der Waals surface area contributed by atoms with Crippen LogP contribution in [0.1, 0.15) is 10.5 Å². The number of aromatic amines is 2.